The highest BCUT2D eigenvalue weighted by atomic mass is 16.6. The molecule has 0 spiro atoms. The second-order valence-corrected chi connectivity index (χ2v) is 7.12. The van der Waals surface area contributed by atoms with Crippen LogP contribution in [0.1, 0.15) is 26.2 Å². The van der Waals surface area contributed by atoms with Crippen molar-refractivity contribution in [2.45, 2.75) is 37.9 Å². The second kappa shape index (κ2) is 7.84. The number of rotatable bonds is 5. The molecule has 2 aliphatic rings. The van der Waals surface area contributed by atoms with Crippen molar-refractivity contribution < 1.29 is 19.4 Å². The van der Waals surface area contributed by atoms with Gasteiger partial charge in [-0.3, -0.25) is 9.69 Å². The van der Waals surface area contributed by atoms with E-state index in [0.29, 0.717) is 39.0 Å². The number of benzene rings is 1. The predicted octanol–water partition coefficient (Wildman–Crippen LogP) is 1.39. The van der Waals surface area contributed by atoms with Crippen molar-refractivity contribution in [1.29, 1.82) is 5.26 Å². The van der Waals surface area contributed by atoms with Gasteiger partial charge < -0.3 is 20.1 Å². The number of nitriles is 1. The van der Waals surface area contributed by atoms with E-state index in [1.807, 2.05) is 24.3 Å². The molecule has 27 heavy (non-hydrogen) atoms. The van der Waals surface area contributed by atoms with Gasteiger partial charge in [-0.15, -0.1) is 0 Å². The lowest BCUT2D eigenvalue weighted by Crippen LogP contribution is -2.44. The van der Waals surface area contributed by atoms with Gasteiger partial charge in [0.1, 0.15) is 6.10 Å². The molecule has 1 aromatic carbocycles. The van der Waals surface area contributed by atoms with E-state index in [1.165, 1.54) is 6.92 Å². The third kappa shape index (κ3) is 4.49. The van der Waals surface area contributed by atoms with Crippen LogP contribution in [0.15, 0.2) is 24.3 Å². The summed E-state index contributed by atoms with van der Waals surface area (Å²) in [4.78, 5) is 26.8. The number of hydrogen-bond acceptors (Lipinski definition) is 6. The summed E-state index contributed by atoms with van der Waals surface area (Å²) in [5, 5.41) is 21.8. The molecule has 2 fully saturated rings. The van der Waals surface area contributed by atoms with Crippen LogP contribution in [0, 0.1) is 11.3 Å². The van der Waals surface area contributed by atoms with Gasteiger partial charge in [-0.2, -0.15) is 5.26 Å². The van der Waals surface area contributed by atoms with Crippen LogP contribution in [-0.4, -0.2) is 55.0 Å². The van der Waals surface area contributed by atoms with E-state index in [0.717, 1.165) is 11.4 Å². The first-order valence-electron chi connectivity index (χ1n) is 9.07. The standard InChI is InChI=1S/C19H24N4O4/c1-14(24)21-12-17-13-23(18(25)27-17)16-4-2-15(3-5-16)22-10-7-19(26,6-9-20)8-11-22/h2-5,17,26H,6-8,10-13H2,1H3,(H,21,24). The van der Waals surface area contributed by atoms with Gasteiger partial charge >= 0.3 is 6.09 Å². The molecular formula is C19H24N4O4. The maximum absolute atomic E-state index is 12.1. The van der Waals surface area contributed by atoms with Gasteiger partial charge in [0.15, 0.2) is 0 Å². The van der Waals surface area contributed by atoms with Crippen molar-refractivity contribution in [2.24, 2.45) is 0 Å². The van der Waals surface area contributed by atoms with Crippen molar-refractivity contribution in [2.75, 3.05) is 36.0 Å². The van der Waals surface area contributed by atoms with Crippen molar-refractivity contribution in [3.63, 3.8) is 0 Å². The predicted molar refractivity (Wildman–Crippen MR) is 99.4 cm³/mol. The minimum atomic E-state index is -0.882. The summed E-state index contributed by atoms with van der Waals surface area (Å²) in [7, 11) is 0. The third-order valence-electron chi connectivity index (χ3n) is 5.08. The first-order chi connectivity index (χ1) is 12.9. The minimum absolute atomic E-state index is 0.156. The zero-order valence-corrected chi connectivity index (χ0v) is 15.4. The Morgan fingerprint density at radius 3 is 2.56 bits per heavy atom. The normalized spacial score (nSPS) is 21.5. The van der Waals surface area contributed by atoms with E-state index >= 15 is 0 Å². The lowest BCUT2D eigenvalue weighted by molar-refractivity contribution is -0.119. The number of aliphatic hydroxyl groups is 1. The Kier molecular flexibility index (Phi) is 5.51. The lowest BCUT2D eigenvalue weighted by atomic mass is 9.88. The van der Waals surface area contributed by atoms with Gasteiger partial charge in [-0.25, -0.2) is 4.79 Å². The van der Waals surface area contributed by atoms with Gasteiger partial charge in [0.25, 0.3) is 0 Å². The number of piperidine rings is 1. The Labute approximate surface area is 158 Å². The molecule has 2 heterocycles. The molecule has 3 rings (SSSR count). The topological polar surface area (TPSA) is 106 Å². The number of cyclic esters (lactones) is 1. The van der Waals surface area contributed by atoms with Crippen LogP contribution in [0.2, 0.25) is 0 Å². The van der Waals surface area contributed by atoms with Crippen LogP contribution >= 0.6 is 0 Å². The number of amides is 2. The van der Waals surface area contributed by atoms with Gasteiger partial charge in [0.05, 0.1) is 31.2 Å². The van der Waals surface area contributed by atoms with Crippen LogP contribution in [0.5, 0.6) is 0 Å². The summed E-state index contributed by atoms with van der Waals surface area (Å²) in [5.41, 5.74) is 0.875. The number of nitrogens with one attached hydrogen (secondary N) is 1. The zero-order valence-electron chi connectivity index (χ0n) is 15.4. The van der Waals surface area contributed by atoms with Gasteiger partial charge in [-0.05, 0) is 37.1 Å². The molecule has 2 aliphatic heterocycles. The summed E-state index contributed by atoms with van der Waals surface area (Å²) in [6.07, 6.45) is 0.506. The highest BCUT2D eigenvalue weighted by Crippen LogP contribution is 2.30. The fraction of sp³-hybridized carbons (Fsp3) is 0.526. The Hall–Kier alpha value is -2.79. The van der Waals surface area contributed by atoms with E-state index in [2.05, 4.69) is 16.3 Å². The number of anilines is 2. The van der Waals surface area contributed by atoms with Crippen LogP contribution < -0.4 is 15.1 Å². The molecule has 2 saturated heterocycles. The molecule has 0 saturated carbocycles. The average Bonchev–Trinajstić information content (AvgIpc) is 3.02. The van der Waals surface area contributed by atoms with Crippen LogP contribution in [-0.2, 0) is 9.53 Å². The average molecular weight is 372 g/mol. The number of hydrogen-bond donors (Lipinski definition) is 2. The van der Waals surface area contributed by atoms with Crippen molar-refractivity contribution >= 4 is 23.4 Å². The van der Waals surface area contributed by atoms with Crippen LogP contribution in [0.3, 0.4) is 0 Å². The fourth-order valence-corrected chi connectivity index (χ4v) is 3.44. The van der Waals surface area contributed by atoms with Crippen molar-refractivity contribution in [3.05, 3.63) is 24.3 Å². The number of carbonyl (C=O) groups is 2. The number of nitrogens with zero attached hydrogens (tertiary/aromatic N) is 3. The highest BCUT2D eigenvalue weighted by Gasteiger charge is 2.33. The summed E-state index contributed by atoms with van der Waals surface area (Å²) in [6, 6.07) is 9.68. The molecule has 0 aromatic heterocycles. The Morgan fingerprint density at radius 1 is 1.33 bits per heavy atom. The first kappa shape index (κ1) is 19.0. The molecule has 2 N–H and O–H groups in total. The molecule has 1 atom stereocenters. The van der Waals surface area contributed by atoms with E-state index in [9.17, 15) is 14.7 Å². The molecule has 8 nitrogen and oxygen atoms in total. The van der Waals surface area contributed by atoms with E-state index in [1.54, 1.807) is 4.90 Å². The molecule has 144 valence electrons. The second-order valence-electron chi connectivity index (χ2n) is 7.12. The molecule has 8 heteroatoms. The van der Waals surface area contributed by atoms with Gasteiger partial charge in [-0.1, -0.05) is 0 Å². The monoisotopic (exact) mass is 372 g/mol. The van der Waals surface area contributed by atoms with E-state index in [-0.39, 0.29) is 18.4 Å². The fourth-order valence-electron chi connectivity index (χ4n) is 3.44. The Morgan fingerprint density at radius 2 is 1.96 bits per heavy atom. The molecular weight excluding hydrogens is 348 g/mol. The molecule has 0 radical (unpaired) electrons. The highest BCUT2D eigenvalue weighted by molar-refractivity contribution is 5.90. The molecule has 2 amide bonds. The molecule has 0 bridgehead atoms. The molecule has 1 aromatic rings. The summed E-state index contributed by atoms with van der Waals surface area (Å²) >= 11 is 0. The largest absolute Gasteiger partial charge is 0.442 e. The lowest BCUT2D eigenvalue weighted by Gasteiger charge is -2.38. The number of carbonyl (C=O) groups excluding carboxylic acids is 2. The van der Waals surface area contributed by atoms with Crippen molar-refractivity contribution in [3.8, 4) is 6.07 Å². The minimum Gasteiger partial charge on any atom is -0.442 e. The summed E-state index contributed by atoms with van der Waals surface area (Å²) in [5.74, 6) is -0.156. The SMILES string of the molecule is CC(=O)NCC1CN(c2ccc(N3CCC(O)(CC#N)CC3)cc2)C(=O)O1. The van der Waals surface area contributed by atoms with Gasteiger partial charge in [0.2, 0.25) is 5.91 Å². The third-order valence-corrected chi connectivity index (χ3v) is 5.08. The maximum Gasteiger partial charge on any atom is 0.414 e. The zero-order chi connectivity index (χ0) is 19.4. The number of ether oxygens (including phenoxy) is 1. The van der Waals surface area contributed by atoms with E-state index < -0.39 is 11.7 Å². The van der Waals surface area contributed by atoms with Gasteiger partial charge in [0, 0.05) is 31.4 Å². The first-order valence-corrected chi connectivity index (χ1v) is 9.07. The van der Waals surface area contributed by atoms with Crippen LogP contribution in [0.4, 0.5) is 16.2 Å². The quantitative estimate of drug-likeness (QED) is 0.809. The smallest absolute Gasteiger partial charge is 0.414 e. The van der Waals surface area contributed by atoms with E-state index in [4.69, 9.17) is 10.00 Å². The molecule has 0 aliphatic carbocycles. The summed E-state index contributed by atoms with van der Waals surface area (Å²) in [6.45, 7) is 3.48. The van der Waals surface area contributed by atoms with Crippen LogP contribution in [0.25, 0.3) is 0 Å². The Balaban J connectivity index is 1.59. The maximum atomic E-state index is 12.1. The molecule has 1 unspecified atom stereocenters. The summed E-state index contributed by atoms with van der Waals surface area (Å²) < 4.78 is 5.28. The van der Waals surface area contributed by atoms with Crippen molar-refractivity contribution in [1.82, 2.24) is 5.32 Å². The Bertz CT molecular complexity index is 735.